The summed E-state index contributed by atoms with van der Waals surface area (Å²) in [5, 5.41) is 4.72. The lowest BCUT2D eigenvalue weighted by Crippen LogP contribution is -2.42. The molecule has 3 heterocycles. The smallest absolute Gasteiger partial charge is 0.245 e. The van der Waals surface area contributed by atoms with Gasteiger partial charge in [0, 0.05) is 31.7 Å². The number of halogens is 1. The lowest BCUT2D eigenvalue weighted by molar-refractivity contribution is -0.120. The number of anilines is 1. The Morgan fingerprint density at radius 3 is 3.10 bits per heavy atom. The first kappa shape index (κ1) is 13.4. The Bertz CT molecular complexity index is 660. The third kappa shape index (κ3) is 2.17. The van der Waals surface area contributed by atoms with E-state index in [9.17, 15) is 4.79 Å². The summed E-state index contributed by atoms with van der Waals surface area (Å²) >= 11 is 6.28. The van der Waals surface area contributed by atoms with Crippen LogP contribution >= 0.6 is 11.6 Å². The molecule has 1 aliphatic heterocycles. The van der Waals surface area contributed by atoms with E-state index in [1.807, 2.05) is 23.9 Å². The molecule has 2 aromatic rings. The van der Waals surface area contributed by atoms with Crippen molar-refractivity contribution < 1.29 is 4.79 Å². The SMILES string of the molecule is CN(C(=O)[C@@H]1CCCN1)c1cc(Cl)c2ccn(C)c2n1. The maximum absolute atomic E-state index is 12.4. The fourth-order valence-corrected chi connectivity index (χ4v) is 2.84. The zero-order valence-corrected chi connectivity index (χ0v) is 12.3. The average Bonchev–Trinajstić information content (AvgIpc) is 3.08. The van der Waals surface area contributed by atoms with Crippen molar-refractivity contribution in [2.75, 3.05) is 18.5 Å². The molecule has 3 rings (SSSR count). The number of likely N-dealkylation sites (N-methyl/N-ethyl adjacent to an activating group) is 1. The molecule has 20 heavy (non-hydrogen) atoms. The van der Waals surface area contributed by atoms with Crippen LogP contribution in [-0.4, -0.2) is 35.1 Å². The second kappa shape index (κ2) is 5.07. The predicted octanol–water partition coefficient (Wildman–Crippen LogP) is 1.94. The molecule has 6 heteroatoms. The van der Waals surface area contributed by atoms with Gasteiger partial charge in [-0.15, -0.1) is 0 Å². The molecule has 1 atom stereocenters. The Balaban J connectivity index is 1.96. The van der Waals surface area contributed by atoms with Gasteiger partial charge in [-0.3, -0.25) is 9.69 Å². The van der Waals surface area contributed by atoms with Gasteiger partial charge in [0.2, 0.25) is 5.91 Å². The molecule has 1 fully saturated rings. The molecule has 1 N–H and O–H groups in total. The van der Waals surface area contributed by atoms with Crippen LogP contribution in [0.5, 0.6) is 0 Å². The van der Waals surface area contributed by atoms with E-state index in [4.69, 9.17) is 11.6 Å². The van der Waals surface area contributed by atoms with Crippen molar-refractivity contribution in [1.82, 2.24) is 14.9 Å². The molecule has 0 aromatic carbocycles. The summed E-state index contributed by atoms with van der Waals surface area (Å²) in [4.78, 5) is 18.5. The standard InChI is InChI=1S/C14H17ClN4O/c1-18-7-5-9-10(15)8-12(17-13(9)18)19(2)14(20)11-4-3-6-16-11/h5,7-8,11,16H,3-4,6H2,1-2H3/t11-/m0/s1. The van der Waals surface area contributed by atoms with Gasteiger partial charge in [0.05, 0.1) is 11.1 Å². The number of hydrogen-bond acceptors (Lipinski definition) is 3. The summed E-state index contributed by atoms with van der Waals surface area (Å²) in [7, 11) is 3.66. The van der Waals surface area contributed by atoms with Crippen molar-refractivity contribution >= 4 is 34.4 Å². The van der Waals surface area contributed by atoms with E-state index in [0.29, 0.717) is 10.8 Å². The van der Waals surface area contributed by atoms with Gasteiger partial charge in [0.1, 0.15) is 11.5 Å². The number of fused-ring (bicyclic) bond motifs is 1. The largest absolute Gasteiger partial charge is 0.335 e. The van der Waals surface area contributed by atoms with Crippen molar-refractivity contribution in [1.29, 1.82) is 0 Å². The van der Waals surface area contributed by atoms with E-state index >= 15 is 0 Å². The van der Waals surface area contributed by atoms with E-state index < -0.39 is 0 Å². The van der Waals surface area contributed by atoms with Gasteiger partial charge < -0.3 is 9.88 Å². The highest BCUT2D eigenvalue weighted by atomic mass is 35.5. The Hall–Kier alpha value is -1.59. The van der Waals surface area contributed by atoms with Crippen molar-refractivity contribution in [3.05, 3.63) is 23.4 Å². The van der Waals surface area contributed by atoms with Gasteiger partial charge in [0.25, 0.3) is 0 Å². The lowest BCUT2D eigenvalue weighted by atomic mass is 10.2. The number of hydrogen-bond donors (Lipinski definition) is 1. The number of nitrogens with one attached hydrogen (secondary N) is 1. The van der Waals surface area contributed by atoms with Crippen molar-refractivity contribution in [3.63, 3.8) is 0 Å². The van der Waals surface area contributed by atoms with Crippen LogP contribution in [-0.2, 0) is 11.8 Å². The van der Waals surface area contributed by atoms with E-state index in [-0.39, 0.29) is 11.9 Å². The Labute approximate surface area is 122 Å². The highest BCUT2D eigenvalue weighted by Gasteiger charge is 2.26. The van der Waals surface area contributed by atoms with E-state index in [1.165, 1.54) is 0 Å². The van der Waals surface area contributed by atoms with Gasteiger partial charge in [-0.05, 0) is 25.5 Å². The number of carbonyl (C=O) groups excluding carboxylic acids is 1. The Kier molecular flexibility index (Phi) is 3.40. The molecule has 1 saturated heterocycles. The van der Waals surface area contributed by atoms with Gasteiger partial charge >= 0.3 is 0 Å². The predicted molar refractivity (Wildman–Crippen MR) is 80.2 cm³/mol. The first-order valence-electron chi connectivity index (χ1n) is 6.70. The third-order valence-corrected chi connectivity index (χ3v) is 4.12. The van der Waals surface area contributed by atoms with Crippen molar-refractivity contribution in [3.8, 4) is 0 Å². The maximum atomic E-state index is 12.4. The molecule has 0 bridgehead atoms. The van der Waals surface area contributed by atoms with Crippen LogP contribution < -0.4 is 10.2 Å². The molecular formula is C14H17ClN4O. The summed E-state index contributed by atoms with van der Waals surface area (Å²) in [6.45, 7) is 0.898. The number of rotatable bonds is 2. The molecule has 0 unspecified atom stereocenters. The zero-order chi connectivity index (χ0) is 14.3. The minimum atomic E-state index is -0.107. The summed E-state index contributed by atoms with van der Waals surface area (Å²) in [6.07, 6.45) is 3.83. The first-order chi connectivity index (χ1) is 9.58. The minimum Gasteiger partial charge on any atom is -0.335 e. The summed E-state index contributed by atoms with van der Waals surface area (Å²) in [5.41, 5.74) is 0.784. The summed E-state index contributed by atoms with van der Waals surface area (Å²) in [6, 6.07) is 3.57. The number of nitrogens with zero attached hydrogens (tertiary/aromatic N) is 3. The van der Waals surface area contributed by atoms with Crippen LogP contribution in [0.25, 0.3) is 11.0 Å². The highest BCUT2D eigenvalue weighted by Crippen LogP contribution is 2.27. The fraction of sp³-hybridized carbons (Fsp3) is 0.429. The zero-order valence-electron chi connectivity index (χ0n) is 11.6. The molecular weight excluding hydrogens is 276 g/mol. The second-order valence-electron chi connectivity index (χ2n) is 5.17. The number of amides is 1. The van der Waals surface area contributed by atoms with Crippen LogP contribution in [0.1, 0.15) is 12.8 Å². The van der Waals surface area contributed by atoms with Crippen LogP contribution in [0.2, 0.25) is 5.02 Å². The van der Waals surface area contributed by atoms with Crippen LogP contribution in [0, 0.1) is 0 Å². The maximum Gasteiger partial charge on any atom is 0.245 e. The molecule has 5 nitrogen and oxygen atoms in total. The topological polar surface area (TPSA) is 50.2 Å². The lowest BCUT2D eigenvalue weighted by Gasteiger charge is -2.20. The van der Waals surface area contributed by atoms with Crippen LogP contribution in [0.4, 0.5) is 5.82 Å². The van der Waals surface area contributed by atoms with E-state index in [1.54, 1.807) is 18.0 Å². The summed E-state index contributed by atoms with van der Waals surface area (Å²) in [5.74, 6) is 0.627. The van der Waals surface area contributed by atoms with Crippen LogP contribution in [0.3, 0.4) is 0 Å². The summed E-state index contributed by atoms with van der Waals surface area (Å²) < 4.78 is 1.90. The number of carbonyl (C=O) groups is 1. The molecule has 0 saturated carbocycles. The second-order valence-corrected chi connectivity index (χ2v) is 5.58. The number of aromatic nitrogens is 2. The Morgan fingerprint density at radius 2 is 2.40 bits per heavy atom. The van der Waals surface area contributed by atoms with Crippen molar-refractivity contribution in [2.45, 2.75) is 18.9 Å². The monoisotopic (exact) mass is 292 g/mol. The molecule has 1 amide bonds. The van der Waals surface area contributed by atoms with Gasteiger partial charge in [-0.25, -0.2) is 4.98 Å². The third-order valence-electron chi connectivity index (χ3n) is 3.81. The molecule has 0 aliphatic carbocycles. The molecule has 0 spiro atoms. The van der Waals surface area contributed by atoms with E-state index in [2.05, 4.69) is 10.3 Å². The average molecular weight is 293 g/mol. The molecule has 0 radical (unpaired) electrons. The normalized spacial score (nSPS) is 18.6. The molecule has 106 valence electrons. The number of pyridine rings is 1. The minimum absolute atomic E-state index is 0.0413. The van der Waals surface area contributed by atoms with Crippen LogP contribution in [0.15, 0.2) is 18.3 Å². The van der Waals surface area contributed by atoms with Gasteiger partial charge in [-0.1, -0.05) is 11.6 Å². The van der Waals surface area contributed by atoms with Gasteiger partial charge in [0.15, 0.2) is 0 Å². The quantitative estimate of drug-likeness (QED) is 0.920. The highest BCUT2D eigenvalue weighted by molar-refractivity contribution is 6.35. The Morgan fingerprint density at radius 1 is 1.60 bits per heavy atom. The fourth-order valence-electron chi connectivity index (χ4n) is 2.59. The van der Waals surface area contributed by atoms with Crippen molar-refractivity contribution in [2.24, 2.45) is 7.05 Å². The number of aryl methyl sites for hydroxylation is 1. The van der Waals surface area contributed by atoms with Gasteiger partial charge in [-0.2, -0.15) is 0 Å². The molecule has 2 aromatic heterocycles. The first-order valence-corrected chi connectivity index (χ1v) is 7.08. The molecule has 1 aliphatic rings. The van der Waals surface area contributed by atoms with E-state index in [0.717, 1.165) is 30.4 Å².